The van der Waals surface area contributed by atoms with Crippen LogP contribution in [0.5, 0.6) is 0 Å². The normalized spacial score (nSPS) is 11.3. The van der Waals surface area contributed by atoms with Gasteiger partial charge in [-0.2, -0.15) is 0 Å². The van der Waals surface area contributed by atoms with Crippen LogP contribution in [0.25, 0.3) is 0 Å². The zero-order chi connectivity index (χ0) is 14.5. The van der Waals surface area contributed by atoms with E-state index in [9.17, 15) is 0 Å². The molecule has 0 heterocycles. The summed E-state index contributed by atoms with van der Waals surface area (Å²) >= 11 is 1.88. The first-order valence-electron chi connectivity index (χ1n) is 7.09. The molecule has 0 unspecified atom stereocenters. The molecule has 104 valence electrons. The molecule has 1 heteroatoms. The Labute approximate surface area is 130 Å². The highest BCUT2D eigenvalue weighted by Crippen LogP contribution is 2.46. The van der Waals surface area contributed by atoms with E-state index < -0.39 is 0 Å². The van der Waals surface area contributed by atoms with Gasteiger partial charge >= 0.3 is 0 Å². The fraction of sp³-hybridized carbons (Fsp3) is 0.100. The van der Waals surface area contributed by atoms with Crippen molar-refractivity contribution >= 4 is 11.8 Å². The van der Waals surface area contributed by atoms with Gasteiger partial charge in [0, 0.05) is 0 Å². The topological polar surface area (TPSA) is 0 Å². The maximum atomic E-state index is 2.22. The molecule has 0 N–H and O–H groups in total. The van der Waals surface area contributed by atoms with Gasteiger partial charge in [0.1, 0.15) is 0 Å². The Morgan fingerprint density at radius 2 is 0.810 bits per heavy atom. The van der Waals surface area contributed by atoms with Crippen LogP contribution in [0.4, 0.5) is 0 Å². The Bertz CT molecular complexity index is 578. The first kappa shape index (κ1) is 14.0. The van der Waals surface area contributed by atoms with E-state index >= 15 is 0 Å². The molecular weight excluding hydrogens is 272 g/mol. The van der Waals surface area contributed by atoms with Crippen molar-refractivity contribution in [1.29, 1.82) is 0 Å². The second-order valence-corrected chi connectivity index (χ2v) is 6.00. The van der Waals surface area contributed by atoms with Crippen LogP contribution in [0.15, 0.2) is 91.0 Å². The van der Waals surface area contributed by atoms with Crippen LogP contribution >= 0.6 is 11.8 Å². The average molecular weight is 290 g/mol. The maximum Gasteiger partial charge on any atom is 0.0904 e. The third-order valence-corrected chi connectivity index (χ3v) is 5.17. The van der Waals surface area contributed by atoms with E-state index in [4.69, 9.17) is 0 Å². The summed E-state index contributed by atoms with van der Waals surface area (Å²) in [5.74, 6) is 0. The summed E-state index contributed by atoms with van der Waals surface area (Å²) in [5.41, 5.74) is 3.94. The third-order valence-electron chi connectivity index (χ3n) is 3.85. The summed E-state index contributed by atoms with van der Waals surface area (Å²) in [6.45, 7) is 0. The molecule has 3 rings (SSSR count). The van der Waals surface area contributed by atoms with Crippen molar-refractivity contribution in [3.05, 3.63) is 108 Å². The number of thioether (sulfide) groups is 1. The second kappa shape index (κ2) is 6.19. The van der Waals surface area contributed by atoms with E-state index in [-0.39, 0.29) is 4.75 Å². The Morgan fingerprint density at radius 1 is 0.524 bits per heavy atom. The van der Waals surface area contributed by atoms with Crippen LogP contribution in [0.1, 0.15) is 16.7 Å². The summed E-state index contributed by atoms with van der Waals surface area (Å²) < 4.78 is -0.163. The second-order valence-electron chi connectivity index (χ2n) is 4.98. The van der Waals surface area contributed by atoms with Crippen LogP contribution < -0.4 is 0 Å². The molecule has 21 heavy (non-hydrogen) atoms. The van der Waals surface area contributed by atoms with Crippen molar-refractivity contribution in [1.82, 2.24) is 0 Å². The van der Waals surface area contributed by atoms with Gasteiger partial charge in [0.05, 0.1) is 4.75 Å². The van der Waals surface area contributed by atoms with E-state index in [0.717, 1.165) is 0 Å². The van der Waals surface area contributed by atoms with E-state index in [2.05, 4.69) is 97.3 Å². The van der Waals surface area contributed by atoms with Gasteiger partial charge in [0.15, 0.2) is 0 Å². The van der Waals surface area contributed by atoms with Crippen LogP contribution in [0.3, 0.4) is 0 Å². The lowest BCUT2D eigenvalue weighted by molar-refractivity contribution is 0.898. The number of rotatable bonds is 4. The van der Waals surface area contributed by atoms with Gasteiger partial charge < -0.3 is 0 Å². The lowest BCUT2D eigenvalue weighted by atomic mass is 9.84. The Balaban J connectivity index is 2.29. The van der Waals surface area contributed by atoms with Crippen LogP contribution in [0, 0.1) is 0 Å². The molecule has 0 aromatic heterocycles. The minimum Gasteiger partial charge on any atom is -0.144 e. The summed E-state index contributed by atoms with van der Waals surface area (Å²) in [4.78, 5) is 0. The summed E-state index contributed by atoms with van der Waals surface area (Å²) in [6, 6.07) is 32.2. The largest absolute Gasteiger partial charge is 0.144 e. The van der Waals surface area contributed by atoms with Gasteiger partial charge in [-0.15, -0.1) is 11.8 Å². The monoisotopic (exact) mass is 290 g/mol. The standard InChI is InChI=1S/C20H18S/c1-21-20(17-11-5-2-6-12-17,18-13-7-3-8-14-18)19-15-9-4-10-16-19/h2-16H,1H3. The van der Waals surface area contributed by atoms with Gasteiger partial charge in [-0.25, -0.2) is 0 Å². The highest BCUT2D eigenvalue weighted by molar-refractivity contribution is 8.00. The molecule has 0 bridgehead atoms. The minimum atomic E-state index is -0.163. The van der Waals surface area contributed by atoms with Crippen molar-refractivity contribution in [3.8, 4) is 0 Å². The molecule has 0 spiro atoms. The molecule has 0 radical (unpaired) electrons. The lowest BCUT2D eigenvalue weighted by Gasteiger charge is -2.34. The van der Waals surface area contributed by atoms with Crippen LogP contribution in [-0.2, 0) is 4.75 Å². The Kier molecular flexibility index (Phi) is 4.12. The zero-order valence-electron chi connectivity index (χ0n) is 12.1. The van der Waals surface area contributed by atoms with Crippen LogP contribution in [-0.4, -0.2) is 6.26 Å². The quantitative estimate of drug-likeness (QED) is 0.584. The molecule has 0 aliphatic rings. The van der Waals surface area contributed by atoms with Crippen molar-refractivity contribution in [2.24, 2.45) is 0 Å². The average Bonchev–Trinajstić information content (AvgIpc) is 2.59. The molecule has 0 atom stereocenters. The van der Waals surface area contributed by atoms with Crippen molar-refractivity contribution < 1.29 is 0 Å². The molecule has 0 aliphatic carbocycles. The fourth-order valence-corrected chi connectivity index (χ4v) is 3.99. The zero-order valence-corrected chi connectivity index (χ0v) is 12.9. The molecule has 3 aromatic rings. The lowest BCUT2D eigenvalue weighted by Crippen LogP contribution is -2.24. The van der Waals surface area contributed by atoms with Gasteiger partial charge in [0.25, 0.3) is 0 Å². The van der Waals surface area contributed by atoms with Crippen molar-refractivity contribution in [3.63, 3.8) is 0 Å². The fourth-order valence-electron chi connectivity index (χ4n) is 2.87. The highest BCUT2D eigenvalue weighted by atomic mass is 32.2. The van der Waals surface area contributed by atoms with Gasteiger partial charge in [-0.1, -0.05) is 91.0 Å². The van der Waals surface area contributed by atoms with Crippen LogP contribution in [0.2, 0.25) is 0 Å². The minimum absolute atomic E-state index is 0.163. The summed E-state index contributed by atoms with van der Waals surface area (Å²) in [7, 11) is 0. The summed E-state index contributed by atoms with van der Waals surface area (Å²) in [5, 5.41) is 0. The van der Waals surface area contributed by atoms with Crippen molar-refractivity contribution in [2.45, 2.75) is 4.75 Å². The predicted octanol–water partition coefficient (Wildman–Crippen LogP) is 5.34. The Morgan fingerprint density at radius 3 is 1.05 bits per heavy atom. The molecule has 0 saturated carbocycles. The number of hydrogen-bond donors (Lipinski definition) is 0. The molecule has 3 aromatic carbocycles. The molecular formula is C20H18S. The van der Waals surface area contributed by atoms with E-state index in [1.165, 1.54) is 16.7 Å². The van der Waals surface area contributed by atoms with E-state index in [1.807, 2.05) is 11.8 Å². The number of benzene rings is 3. The SMILES string of the molecule is CSC(c1ccccc1)(c1ccccc1)c1ccccc1. The Hall–Kier alpha value is -1.99. The molecule has 0 saturated heterocycles. The maximum absolute atomic E-state index is 2.22. The molecule has 0 amide bonds. The van der Waals surface area contributed by atoms with Crippen molar-refractivity contribution in [2.75, 3.05) is 6.26 Å². The summed E-state index contributed by atoms with van der Waals surface area (Å²) in [6.07, 6.45) is 2.19. The first-order chi connectivity index (χ1) is 10.4. The highest BCUT2D eigenvalue weighted by Gasteiger charge is 2.35. The van der Waals surface area contributed by atoms with E-state index in [0.29, 0.717) is 0 Å². The molecule has 0 fully saturated rings. The molecule has 0 nitrogen and oxygen atoms in total. The van der Waals surface area contributed by atoms with Gasteiger partial charge in [-0.05, 0) is 22.9 Å². The third kappa shape index (κ3) is 2.50. The van der Waals surface area contributed by atoms with Gasteiger partial charge in [0.2, 0.25) is 0 Å². The molecule has 0 aliphatic heterocycles. The predicted molar refractivity (Wildman–Crippen MR) is 92.7 cm³/mol. The first-order valence-corrected chi connectivity index (χ1v) is 8.32. The van der Waals surface area contributed by atoms with Gasteiger partial charge in [-0.3, -0.25) is 0 Å². The smallest absolute Gasteiger partial charge is 0.0904 e. The number of hydrogen-bond acceptors (Lipinski definition) is 1. The van der Waals surface area contributed by atoms with E-state index in [1.54, 1.807) is 0 Å².